The smallest absolute Gasteiger partial charge is 0.257 e. The van der Waals surface area contributed by atoms with Gasteiger partial charge in [-0.3, -0.25) is 4.79 Å². The normalized spacial score (nSPS) is 15.2. The van der Waals surface area contributed by atoms with Gasteiger partial charge in [0.05, 0.1) is 5.56 Å². The molecule has 0 bridgehead atoms. The van der Waals surface area contributed by atoms with Crippen LogP contribution in [0.2, 0.25) is 0 Å². The molecule has 0 aromatic heterocycles. The molecule has 1 N–H and O–H groups in total. The van der Waals surface area contributed by atoms with Crippen molar-refractivity contribution in [1.29, 1.82) is 0 Å². The standard InChI is InChI=1S/C21H26N2O2/c1-2-22-16-17-12-14-23(15-13-17)21(24)19-10-6-7-11-20(19)25-18-8-4-3-5-9-18/h3-11,17,22H,2,12-16H2,1H3. The van der Waals surface area contributed by atoms with Crippen molar-refractivity contribution in [2.75, 3.05) is 26.2 Å². The van der Waals surface area contributed by atoms with Crippen LogP contribution >= 0.6 is 0 Å². The molecule has 1 aliphatic rings. The number of nitrogens with one attached hydrogen (secondary N) is 1. The van der Waals surface area contributed by atoms with Gasteiger partial charge in [0.25, 0.3) is 5.91 Å². The van der Waals surface area contributed by atoms with Crippen LogP contribution in [-0.2, 0) is 0 Å². The minimum Gasteiger partial charge on any atom is -0.457 e. The van der Waals surface area contributed by atoms with Crippen molar-refractivity contribution in [3.8, 4) is 11.5 Å². The first-order valence-corrected chi connectivity index (χ1v) is 9.10. The van der Waals surface area contributed by atoms with Gasteiger partial charge in [0.15, 0.2) is 0 Å². The number of amides is 1. The van der Waals surface area contributed by atoms with E-state index in [0.717, 1.165) is 44.8 Å². The number of ether oxygens (including phenoxy) is 1. The topological polar surface area (TPSA) is 41.6 Å². The van der Waals surface area contributed by atoms with Gasteiger partial charge in [-0.2, -0.15) is 0 Å². The number of hydrogen-bond acceptors (Lipinski definition) is 3. The Morgan fingerprint density at radius 3 is 2.48 bits per heavy atom. The Hall–Kier alpha value is -2.33. The van der Waals surface area contributed by atoms with Gasteiger partial charge in [-0.15, -0.1) is 0 Å². The SMILES string of the molecule is CCNCC1CCN(C(=O)c2ccccc2Oc2ccccc2)CC1. The third kappa shape index (κ3) is 4.60. The summed E-state index contributed by atoms with van der Waals surface area (Å²) < 4.78 is 5.94. The first-order chi connectivity index (χ1) is 12.3. The van der Waals surface area contributed by atoms with E-state index in [2.05, 4.69) is 12.2 Å². The zero-order valence-electron chi connectivity index (χ0n) is 14.8. The molecule has 25 heavy (non-hydrogen) atoms. The molecule has 0 aliphatic carbocycles. The number of benzene rings is 2. The van der Waals surface area contributed by atoms with E-state index in [-0.39, 0.29) is 5.91 Å². The monoisotopic (exact) mass is 338 g/mol. The summed E-state index contributed by atoms with van der Waals surface area (Å²) in [6.07, 6.45) is 2.11. The lowest BCUT2D eigenvalue weighted by molar-refractivity contribution is 0.0687. The largest absolute Gasteiger partial charge is 0.457 e. The Labute approximate surface area is 149 Å². The highest BCUT2D eigenvalue weighted by atomic mass is 16.5. The summed E-state index contributed by atoms with van der Waals surface area (Å²) in [5, 5.41) is 3.41. The molecule has 4 nitrogen and oxygen atoms in total. The van der Waals surface area contributed by atoms with Gasteiger partial charge in [0.2, 0.25) is 0 Å². The van der Waals surface area contributed by atoms with Crippen molar-refractivity contribution in [1.82, 2.24) is 10.2 Å². The molecule has 0 radical (unpaired) electrons. The second kappa shape index (κ2) is 8.67. The summed E-state index contributed by atoms with van der Waals surface area (Å²) in [5.74, 6) is 2.09. The first kappa shape index (κ1) is 17.5. The van der Waals surface area contributed by atoms with Crippen LogP contribution in [0, 0.1) is 5.92 Å². The molecule has 1 saturated heterocycles. The molecule has 0 unspecified atom stereocenters. The highest BCUT2D eigenvalue weighted by molar-refractivity contribution is 5.97. The van der Waals surface area contributed by atoms with Crippen molar-refractivity contribution in [3.05, 3.63) is 60.2 Å². The summed E-state index contributed by atoms with van der Waals surface area (Å²) in [5.41, 5.74) is 0.636. The fourth-order valence-corrected chi connectivity index (χ4v) is 3.21. The molecule has 0 atom stereocenters. The van der Waals surface area contributed by atoms with Crippen molar-refractivity contribution >= 4 is 5.91 Å². The van der Waals surface area contributed by atoms with Crippen LogP contribution in [0.25, 0.3) is 0 Å². The van der Waals surface area contributed by atoms with Crippen molar-refractivity contribution in [3.63, 3.8) is 0 Å². The molecule has 2 aromatic carbocycles. The number of carbonyl (C=O) groups is 1. The van der Waals surface area contributed by atoms with E-state index in [1.54, 1.807) is 0 Å². The molecule has 1 amide bonds. The minimum absolute atomic E-state index is 0.0634. The lowest BCUT2D eigenvalue weighted by Gasteiger charge is -2.32. The first-order valence-electron chi connectivity index (χ1n) is 9.10. The van der Waals surface area contributed by atoms with E-state index < -0.39 is 0 Å². The van der Waals surface area contributed by atoms with Gasteiger partial charge in [-0.25, -0.2) is 0 Å². The molecule has 3 rings (SSSR count). The van der Waals surface area contributed by atoms with Crippen LogP contribution < -0.4 is 10.1 Å². The van der Waals surface area contributed by atoms with Crippen LogP contribution in [0.3, 0.4) is 0 Å². The van der Waals surface area contributed by atoms with Crippen LogP contribution in [0.1, 0.15) is 30.1 Å². The van der Waals surface area contributed by atoms with Gasteiger partial charge in [0.1, 0.15) is 11.5 Å². The zero-order chi connectivity index (χ0) is 17.5. The average Bonchev–Trinajstić information content (AvgIpc) is 2.67. The Balaban J connectivity index is 1.67. The lowest BCUT2D eigenvalue weighted by Crippen LogP contribution is -2.40. The molecule has 1 fully saturated rings. The van der Waals surface area contributed by atoms with E-state index >= 15 is 0 Å². The van der Waals surface area contributed by atoms with E-state index in [9.17, 15) is 4.79 Å². The molecule has 132 valence electrons. The fourth-order valence-electron chi connectivity index (χ4n) is 3.21. The maximum absolute atomic E-state index is 13.0. The number of likely N-dealkylation sites (tertiary alicyclic amines) is 1. The van der Waals surface area contributed by atoms with E-state index in [1.807, 2.05) is 59.5 Å². The Morgan fingerprint density at radius 2 is 1.76 bits per heavy atom. The third-order valence-corrected chi connectivity index (χ3v) is 4.67. The second-order valence-corrected chi connectivity index (χ2v) is 6.45. The van der Waals surface area contributed by atoms with Crippen LogP contribution in [0.4, 0.5) is 0 Å². The second-order valence-electron chi connectivity index (χ2n) is 6.45. The predicted octanol–water partition coefficient (Wildman–Crippen LogP) is 3.94. The van der Waals surface area contributed by atoms with E-state index in [4.69, 9.17) is 4.74 Å². The Morgan fingerprint density at radius 1 is 1.08 bits per heavy atom. The van der Waals surface area contributed by atoms with Crippen molar-refractivity contribution < 1.29 is 9.53 Å². The third-order valence-electron chi connectivity index (χ3n) is 4.67. The maximum Gasteiger partial charge on any atom is 0.257 e. The van der Waals surface area contributed by atoms with Gasteiger partial charge < -0.3 is 15.0 Å². The highest BCUT2D eigenvalue weighted by Crippen LogP contribution is 2.27. The molecule has 1 heterocycles. The van der Waals surface area contributed by atoms with Gasteiger partial charge in [0, 0.05) is 13.1 Å². The molecule has 4 heteroatoms. The number of para-hydroxylation sites is 2. The van der Waals surface area contributed by atoms with Crippen LogP contribution in [0.5, 0.6) is 11.5 Å². The lowest BCUT2D eigenvalue weighted by atomic mass is 9.96. The van der Waals surface area contributed by atoms with Crippen LogP contribution in [-0.4, -0.2) is 37.0 Å². The zero-order valence-corrected chi connectivity index (χ0v) is 14.8. The maximum atomic E-state index is 13.0. The Bertz CT molecular complexity index is 679. The van der Waals surface area contributed by atoms with Gasteiger partial charge in [-0.1, -0.05) is 37.3 Å². The van der Waals surface area contributed by atoms with Gasteiger partial charge >= 0.3 is 0 Å². The number of piperidine rings is 1. The average molecular weight is 338 g/mol. The number of carbonyl (C=O) groups excluding carboxylic acids is 1. The summed E-state index contributed by atoms with van der Waals surface area (Å²) in [7, 11) is 0. The van der Waals surface area contributed by atoms with Crippen molar-refractivity contribution in [2.24, 2.45) is 5.92 Å². The number of rotatable bonds is 6. The molecule has 1 aliphatic heterocycles. The summed E-state index contributed by atoms with van der Waals surface area (Å²) in [4.78, 5) is 14.9. The van der Waals surface area contributed by atoms with Crippen LogP contribution in [0.15, 0.2) is 54.6 Å². The minimum atomic E-state index is 0.0634. The summed E-state index contributed by atoms with van der Waals surface area (Å²) >= 11 is 0. The summed E-state index contributed by atoms with van der Waals surface area (Å²) in [6, 6.07) is 17.1. The van der Waals surface area contributed by atoms with Gasteiger partial charge in [-0.05, 0) is 56.1 Å². The molecular formula is C21H26N2O2. The van der Waals surface area contributed by atoms with E-state index in [0.29, 0.717) is 17.2 Å². The van der Waals surface area contributed by atoms with E-state index in [1.165, 1.54) is 0 Å². The quantitative estimate of drug-likeness (QED) is 0.867. The fraction of sp³-hybridized carbons (Fsp3) is 0.381. The molecule has 0 spiro atoms. The van der Waals surface area contributed by atoms with Crippen molar-refractivity contribution in [2.45, 2.75) is 19.8 Å². The number of nitrogens with zero attached hydrogens (tertiary/aromatic N) is 1. The Kier molecular flexibility index (Phi) is 6.07. The molecule has 2 aromatic rings. The number of hydrogen-bond donors (Lipinski definition) is 1. The molecular weight excluding hydrogens is 312 g/mol. The summed E-state index contributed by atoms with van der Waals surface area (Å²) in [6.45, 7) is 5.81. The predicted molar refractivity (Wildman–Crippen MR) is 100 cm³/mol. The highest BCUT2D eigenvalue weighted by Gasteiger charge is 2.25. The molecule has 0 saturated carbocycles.